The highest BCUT2D eigenvalue weighted by Gasteiger charge is 2.18. The molecule has 0 fully saturated rings. The maximum absolute atomic E-state index is 14.6. The van der Waals surface area contributed by atoms with Crippen molar-refractivity contribution >= 4 is 22.6 Å². The van der Waals surface area contributed by atoms with Gasteiger partial charge in [-0.25, -0.2) is 14.4 Å². The van der Waals surface area contributed by atoms with E-state index in [0.717, 1.165) is 22.2 Å². The van der Waals surface area contributed by atoms with E-state index >= 15 is 0 Å². The van der Waals surface area contributed by atoms with Crippen molar-refractivity contribution < 1.29 is 9.13 Å². The Morgan fingerprint density at radius 3 is 2.64 bits per heavy atom. The summed E-state index contributed by atoms with van der Waals surface area (Å²) in [6, 6.07) is 12.1. The van der Waals surface area contributed by atoms with Gasteiger partial charge in [0.1, 0.15) is 17.1 Å². The number of aromatic amines is 1. The molecule has 0 aliphatic carbocycles. The van der Waals surface area contributed by atoms with Crippen LogP contribution in [-0.4, -0.2) is 20.6 Å². The number of fused-ring (bicyclic) bond motifs is 1. The number of ether oxygens (including phenoxy) is 1. The highest BCUT2D eigenvalue weighted by Crippen LogP contribution is 2.34. The van der Waals surface area contributed by atoms with Crippen LogP contribution in [0.3, 0.4) is 0 Å². The molecule has 0 bridgehead atoms. The monoisotopic (exact) mass is 395 g/mol. The Balaban J connectivity index is 1.92. The molecule has 3 aromatic heterocycles. The minimum absolute atomic E-state index is 0.339. The number of nitrogens with one attached hydrogen (secondary N) is 1. The van der Waals surface area contributed by atoms with Crippen LogP contribution in [0.15, 0.2) is 54.9 Å². The van der Waals surface area contributed by atoms with Gasteiger partial charge in [0.15, 0.2) is 0 Å². The number of benzene rings is 1. The van der Waals surface area contributed by atoms with Gasteiger partial charge in [-0.3, -0.25) is 0 Å². The Morgan fingerprint density at radius 1 is 1.07 bits per heavy atom. The fourth-order valence-corrected chi connectivity index (χ4v) is 3.22. The summed E-state index contributed by atoms with van der Waals surface area (Å²) in [7, 11) is 0. The smallest absolute Gasteiger partial charge is 0.214 e. The van der Waals surface area contributed by atoms with Crippen molar-refractivity contribution in [1.29, 1.82) is 0 Å². The van der Waals surface area contributed by atoms with Crippen LogP contribution in [0.1, 0.15) is 20.8 Å². The van der Waals surface area contributed by atoms with Crippen molar-refractivity contribution in [1.82, 2.24) is 15.0 Å². The average molecular weight is 396 g/mol. The summed E-state index contributed by atoms with van der Waals surface area (Å²) in [5, 5.41) is 1.31. The van der Waals surface area contributed by atoms with Crippen LogP contribution < -0.4 is 4.74 Å². The van der Waals surface area contributed by atoms with E-state index in [1.807, 2.05) is 51.2 Å². The highest BCUT2D eigenvalue weighted by atomic mass is 35.5. The van der Waals surface area contributed by atoms with E-state index in [1.54, 1.807) is 18.3 Å². The maximum Gasteiger partial charge on any atom is 0.214 e. The molecule has 6 heteroatoms. The quantitative estimate of drug-likeness (QED) is 0.445. The van der Waals surface area contributed by atoms with Gasteiger partial charge >= 0.3 is 0 Å². The van der Waals surface area contributed by atoms with Gasteiger partial charge in [0.2, 0.25) is 5.88 Å². The summed E-state index contributed by atoms with van der Waals surface area (Å²) in [6.07, 6.45) is 3.62. The Kier molecular flexibility index (Phi) is 4.55. The van der Waals surface area contributed by atoms with Gasteiger partial charge in [-0.15, -0.1) is 0 Å². The minimum atomic E-state index is -0.441. The summed E-state index contributed by atoms with van der Waals surface area (Å²) in [5.41, 5.74) is 2.99. The molecular formula is C22H19ClFN3O. The number of aromatic nitrogens is 3. The minimum Gasteiger partial charge on any atom is -0.472 e. The summed E-state index contributed by atoms with van der Waals surface area (Å²) in [4.78, 5) is 12.0. The van der Waals surface area contributed by atoms with Gasteiger partial charge in [0, 0.05) is 40.0 Å². The lowest BCUT2D eigenvalue weighted by atomic mass is 10.0. The van der Waals surface area contributed by atoms with Gasteiger partial charge in [-0.1, -0.05) is 11.6 Å². The Bertz CT molecular complexity index is 1160. The Hall–Kier alpha value is -2.92. The molecule has 0 aliphatic rings. The molecule has 0 saturated carbocycles. The molecule has 0 radical (unpaired) electrons. The van der Waals surface area contributed by atoms with Crippen LogP contribution in [0.25, 0.3) is 33.4 Å². The average Bonchev–Trinajstić information content (AvgIpc) is 3.04. The second-order valence-electron chi connectivity index (χ2n) is 7.52. The Morgan fingerprint density at radius 2 is 1.89 bits per heavy atom. The lowest BCUT2D eigenvalue weighted by Crippen LogP contribution is -2.23. The fraction of sp³-hybridized carbons (Fsp3) is 0.182. The lowest BCUT2D eigenvalue weighted by Gasteiger charge is -2.21. The normalized spacial score (nSPS) is 11.8. The summed E-state index contributed by atoms with van der Waals surface area (Å²) < 4.78 is 20.5. The number of halogens is 2. The van der Waals surface area contributed by atoms with E-state index < -0.39 is 11.4 Å². The van der Waals surface area contributed by atoms with E-state index in [9.17, 15) is 4.39 Å². The largest absolute Gasteiger partial charge is 0.472 e. The molecule has 0 atom stereocenters. The number of nitrogens with zero attached hydrogens (tertiary/aromatic N) is 2. The summed E-state index contributed by atoms with van der Waals surface area (Å²) >= 11 is 5.90. The van der Waals surface area contributed by atoms with Crippen LogP contribution in [0, 0.1) is 5.82 Å². The molecule has 4 rings (SSSR count). The van der Waals surface area contributed by atoms with Crippen LogP contribution in [-0.2, 0) is 0 Å². The topological polar surface area (TPSA) is 50.8 Å². The zero-order chi connectivity index (χ0) is 19.9. The summed E-state index contributed by atoms with van der Waals surface area (Å²) in [6.45, 7) is 5.83. The number of pyridine rings is 2. The fourth-order valence-electron chi connectivity index (χ4n) is 3.06. The van der Waals surface area contributed by atoms with E-state index in [0.29, 0.717) is 22.2 Å². The number of hydrogen-bond donors (Lipinski definition) is 1. The van der Waals surface area contributed by atoms with Crippen molar-refractivity contribution in [2.45, 2.75) is 26.4 Å². The molecule has 0 aliphatic heterocycles. The molecule has 0 amide bonds. The van der Waals surface area contributed by atoms with E-state index in [1.165, 1.54) is 6.07 Å². The maximum atomic E-state index is 14.6. The summed E-state index contributed by atoms with van der Waals surface area (Å²) in [5.74, 6) is -0.00737. The standard InChI is InChI=1S/C22H19ClFN3O/c1-22(2,3)28-20-10-13(17-12-26-21-15(17)5-4-8-25-21)9-19(27-20)16-7-6-14(23)11-18(16)24/h4-12H,1-3H3,(H,25,26). The van der Waals surface area contributed by atoms with Gasteiger partial charge in [0.25, 0.3) is 0 Å². The van der Waals surface area contributed by atoms with E-state index in [4.69, 9.17) is 16.3 Å². The third-order valence-corrected chi connectivity index (χ3v) is 4.42. The van der Waals surface area contributed by atoms with E-state index in [2.05, 4.69) is 15.0 Å². The second-order valence-corrected chi connectivity index (χ2v) is 7.96. The van der Waals surface area contributed by atoms with Crippen LogP contribution in [0.2, 0.25) is 5.02 Å². The molecule has 142 valence electrons. The third kappa shape index (κ3) is 3.71. The second kappa shape index (κ2) is 6.91. The Labute approximate surface area is 167 Å². The first-order chi connectivity index (χ1) is 13.3. The molecular weight excluding hydrogens is 377 g/mol. The van der Waals surface area contributed by atoms with Gasteiger partial charge in [-0.05, 0) is 62.7 Å². The molecule has 28 heavy (non-hydrogen) atoms. The molecule has 0 unspecified atom stereocenters. The van der Waals surface area contributed by atoms with Crippen molar-refractivity contribution in [3.8, 4) is 28.3 Å². The lowest BCUT2D eigenvalue weighted by molar-refractivity contribution is 0.124. The third-order valence-electron chi connectivity index (χ3n) is 4.18. The molecule has 1 N–H and O–H groups in total. The predicted octanol–water partition coefficient (Wildman–Crippen LogP) is 6.26. The van der Waals surface area contributed by atoms with Crippen LogP contribution >= 0.6 is 11.6 Å². The van der Waals surface area contributed by atoms with Crippen molar-refractivity contribution in [2.75, 3.05) is 0 Å². The zero-order valence-corrected chi connectivity index (χ0v) is 16.5. The number of hydrogen-bond acceptors (Lipinski definition) is 3. The molecule has 0 saturated heterocycles. The van der Waals surface area contributed by atoms with Crippen molar-refractivity contribution in [3.05, 3.63) is 65.7 Å². The highest BCUT2D eigenvalue weighted by molar-refractivity contribution is 6.30. The predicted molar refractivity (Wildman–Crippen MR) is 110 cm³/mol. The first-order valence-electron chi connectivity index (χ1n) is 8.89. The molecule has 4 nitrogen and oxygen atoms in total. The number of H-pyrrole nitrogens is 1. The van der Waals surface area contributed by atoms with Gasteiger partial charge in [-0.2, -0.15) is 0 Å². The molecule has 0 spiro atoms. The molecule has 4 aromatic rings. The molecule has 1 aromatic carbocycles. The van der Waals surface area contributed by atoms with Gasteiger partial charge in [0.05, 0.1) is 5.69 Å². The van der Waals surface area contributed by atoms with E-state index in [-0.39, 0.29) is 0 Å². The van der Waals surface area contributed by atoms with Crippen LogP contribution in [0.4, 0.5) is 4.39 Å². The SMILES string of the molecule is CC(C)(C)Oc1cc(-c2c[nH]c3ncccc23)cc(-c2ccc(Cl)cc2F)n1. The number of rotatable bonds is 3. The zero-order valence-electron chi connectivity index (χ0n) is 15.8. The molecule has 3 heterocycles. The first kappa shape index (κ1) is 18.4. The first-order valence-corrected chi connectivity index (χ1v) is 9.27. The van der Waals surface area contributed by atoms with Crippen LogP contribution in [0.5, 0.6) is 5.88 Å². The van der Waals surface area contributed by atoms with Gasteiger partial charge < -0.3 is 9.72 Å². The van der Waals surface area contributed by atoms with Crippen molar-refractivity contribution in [2.24, 2.45) is 0 Å². The van der Waals surface area contributed by atoms with Crippen molar-refractivity contribution in [3.63, 3.8) is 0 Å².